The van der Waals surface area contributed by atoms with Crippen molar-refractivity contribution in [3.63, 3.8) is 0 Å². The fourth-order valence-corrected chi connectivity index (χ4v) is 1.71. The third-order valence-corrected chi connectivity index (χ3v) is 2.70. The van der Waals surface area contributed by atoms with E-state index in [2.05, 4.69) is 10.9 Å². The minimum absolute atomic E-state index is 0.108. The van der Waals surface area contributed by atoms with E-state index in [1.54, 1.807) is 18.2 Å². The highest BCUT2D eigenvalue weighted by Crippen LogP contribution is 2.10. The first kappa shape index (κ1) is 14.0. The second-order valence-electron chi connectivity index (χ2n) is 3.93. The van der Waals surface area contributed by atoms with Gasteiger partial charge in [-0.15, -0.1) is 0 Å². The molecule has 0 bridgehead atoms. The van der Waals surface area contributed by atoms with Gasteiger partial charge in [-0.2, -0.15) is 0 Å². The van der Waals surface area contributed by atoms with E-state index < -0.39 is 17.6 Å². The van der Waals surface area contributed by atoms with Crippen molar-refractivity contribution in [3.05, 3.63) is 70.5 Å². The van der Waals surface area contributed by atoms with Gasteiger partial charge in [0.25, 0.3) is 11.8 Å². The number of nitrogens with one attached hydrogen (secondary N) is 2. The molecule has 0 aromatic heterocycles. The smallest absolute Gasteiger partial charge is 0.267 e. The molecule has 0 aliphatic rings. The maximum atomic E-state index is 13.0. The summed E-state index contributed by atoms with van der Waals surface area (Å²) in [5.74, 6) is -1.66. The van der Waals surface area contributed by atoms with E-state index in [4.69, 9.17) is 11.6 Å². The van der Waals surface area contributed by atoms with Gasteiger partial charge >= 0.3 is 0 Å². The molecule has 0 saturated heterocycles. The molecule has 2 aromatic carbocycles. The zero-order valence-corrected chi connectivity index (χ0v) is 10.9. The summed E-state index contributed by atoms with van der Waals surface area (Å²) >= 11 is 5.76. The molecule has 2 aromatic rings. The van der Waals surface area contributed by atoms with E-state index in [-0.39, 0.29) is 5.56 Å². The first-order valence-corrected chi connectivity index (χ1v) is 6.06. The first-order chi connectivity index (χ1) is 9.56. The van der Waals surface area contributed by atoms with Crippen LogP contribution in [0.2, 0.25) is 5.02 Å². The molecule has 0 heterocycles. The maximum absolute atomic E-state index is 13.0. The highest BCUT2D eigenvalue weighted by molar-refractivity contribution is 6.30. The molecule has 0 saturated carbocycles. The van der Waals surface area contributed by atoms with E-state index in [0.717, 1.165) is 6.07 Å². The molecule has 0 atom stereocenters. The van der Waals surface area contributed by atoms with E-state index >= 15 is 0 Å². The molecule has 2 rings (SSSR count). The summed E-state index contributed by atoms with van der Waals surface area (Å²) in [6, 6.07) is 11.4. The van der Waals surface area contributed by atoms with E-state index in [9.17, 15) is 14.0 Å². The number of rotatable bonds is 2. The second-order valence-corrected chi connectivity index (χ2v) is 4.37. The first-order valence-electron chi connectivity index (χ1n) is 5.68. The lowest BCUT2D eigenvalue weighted by molar-refractivity contribution is 0.0846. The number of halogens is 2. The number of carbonyl (C=O) groups excluding carboxylic acids is 2. The van der Waals surface area contributed by atoms with Crippen LogP contribution in [0.4, 0.5) is 4.39 Å². The SMILES string of the molecule is O=C(NNC(=O)c1cccc(Cl)c1)c1cccc(F)c1. The van der Waals surface area contributed by atoms with Crippen LogP contribution >= 0.6 is 11.6 Å². The molecule has 6 heteroatoms. The number of carbonyl (C=O) groups is 2. The van der Waals surface area contributed by atoms with Gasteiger partial charge in [0.15, 0.2) is 0 Å². The average molecular weight is 293 g/mol. The Balaban J connectivity index is 1.98. The van der Waals surface area contributed by atoms with Gasteiger partial charge in [-0.25, -0.2) is 4.39 Å². The standard InChI is InChI=1S/C14H10ClFN2O2/c15-11-5-1-3-9(7-11)13(19)17-18-14(20)10-4-2-6-12(16)8-10/h1-8H,(H,17,19)(H,18,20). The Labute approximate surface area is 119 Å². The minimum atomic E-state index is -0.611. The Morgan fingerprint density at radius 2 is 1.45 bits per heavy atom. The fourth-order valence-electron chi connectivity index (χ4n) is 1.52. The van der Waals surface area contributed by atoms with E-state index in [0.29, 0.717) is 10.6 Å². The van der Waals surface area contributed by atoms with Crippen LogP contribution in [0.5, 0.6) is 0 Å². The molecule has 102 valence electrons. The molecule has 4 nitrogen and oxygen atoms in total. The van der Waals surface area contributed by atoms with E-state index in [1.807, 2.05) is 0 Å². The Bertz CT molecular complexity index is 604. The van der Waals surface area contributed by atoms with Gasteiger partial charge in [-0.1, -0.05) is 23.7 Å². The Kier molecular flexibility index (Phi) is 4.32. The summed E-state index contributed by atoms with van der Waals surface area (Å²) in [6.07, 6.45) is 0. The monoisotopic (exact) mass is 292 g/mol. The fraction of sp³-hybridized carbons (Fsp3) is 0. The van der Waals surface area contributed by atoms with Crippen molar-refractivity contribution >= 4 is 23.4 Å². The van der Waals surface area contributed by atoms with Gasteiger partial charge < -0.3 is 0 Å². The minimum Gasteiger partial charge on any atom is -0.267 e. The summed E-state index contributed by atoms with van der Waals surface area (Å²) in [5.41, 5.74) is 4.83. The molecule has 2 N–H and O–H groups in total. The summed E-state index contributed by atoms with van der Waals surface area (Å²) in [5, 5.41) is 0.411. The topological polar surface area (TPSA) is 58.2 Å². The van der Waals surface area contributed by atoms with Gasteiger partial charge in [0.2, 0.25) is 0 Å². The van der Waals surface area contributed by atoms with Crippen molar-refractivity contribution in [3.8, 4) is 0 Å². The molecule has 0 radical (unpaired) electrons. The molecule has 20 heavy (non-hydrogen) atoms. The molecule has 0 aliphatic heterocycles. The van der Waals surface area contributed by atoms with Crippen LogP contribution in [0.1, 0.15) is 20.7 Å². The predicted molar refractivity (Wildman–Crippen MR) is 72.8 cm³/mol. The third-order valence-electron chi connectivity index (χ3n) is 2.46. The van der Waals surface area contributed by atoms with Crippen LogP contribution in [-0.2, 0) is 0 Å². The number of amides is 2. The van der Waals surface area contributed by atoms with Crippen LogP contribution in [0, 0.1) is 5.82 Å². The largest absolute Gasteiger partial charge is 0.269 e. The van der Waals surface area contributed by atoms with Gasteiger partial charge in [-0.05, 0) is 36.4 Å². The summed E-state index contributed by atoms with van der Waals surface area (Å²) in [7, 11) is 0. The quantitative estimate of drug-likeness (QED) is 0.836. The van der Waals surface area contributed by atoms with Crippen molar-refractivity contribution < 1.29 is 14.0 Å². The molecular formula is C14H10ClFN2O2. The lowest BCUT2D eigenvalue weighted by atomic mass is 10.2. The average Bonchev–Trinajstić information content (AvgIpc) is 2.44. The lowest BCUT2D eigenvalue weighted by Gasteiger charge is -2.07. The predicted octanol–water partition coefficient (Wildman–Crippen LogP) is 2.55. The van der Waals surface area contributed by atoms with Crippen LogP contribution in [0.3, 0.4) is 0 Å². The number of hydrogen-bond donors (Lipinski definition) is 2. The summed E-state index contributed by atoms with van der Waals surface area (Å²) < 4.78 is 13.0. The summed E-state index contributed by atoms with van der Waals surface area (Å²) in [6.45, 7) is 0. The number of benzene rings is 2. The van der Waals surface area contributed by atoms with Gasteiger partial charge in [0, 0.05) is 16.1 Å². The Hall–Kier alpha value is -2.40. The molecule has 0 unspecified atom stereocenters. The van der Waals surface area contributed by atoms with Crippen LogP contribution in [0.25, 0.3) is 0 Å². The third kappa shape index (κ3) is 3.55. The maximum Gasteiger partial charge on any atom is 0.269 e. The molecule has 0 spiro atoms. The summed E-state index contributed by atoms with van der Waals surface area (Å²) in [4.78, 5) is 23.4. The van der Waals surface area contributed by atoms with Crippen molar-refractivity contribution in [1.29, 1.82) is 0 Å². The van der Waals surface area contributed by atoms with Crippen molar-refractivity contribution in [1.82, 2.24) is 10.9 Å². The van der Waals surface area contributed by atoms with Gasteiger partial charge in [-0.3, -0.25) is 20.4 Å². The lowest BCUT2D eigenvalue weighted by Crippen LogP contribution is -2.41. The number of hydrazine groups is 1. The Morgan fingerprint density at radius 1 is 0.900 bits per heavy atom. The van der Waals surface area contributed by atoms with Gasteiger partial charge in [0.1, 0.15) is 5.82 Å². The highest BCUT2D eigenvalue weighted by Gasteiger charge is 2.09. The molecule has 2 amide bonds. The zero-order valence-electron chi connectivity index (χ0n) is 10.2. The molecule has 0 fully saturated rings. The molecular weight excluding hydrogens is 283 g/mol. The molecule has 0 aliphatic carbocycles. The van der Waals surface area contributed by atoms with Crippen molar-refractivity contribution in [2.45, 2.75) is 0 Å². The zero-order chi connectivity index (χ0) is 14.5. The van der Waals surface area contributed by atoms with Crippen LogP contribution in [0.15, 0.2) is 48.5 Å². The van der Waals surface area contributed by atoms with E-state index in [1.165, 1.54) is 24.3 Å². The normalized spacial score (nSPS) is 9.90. The van der Waals surface area contributed by atoms with Crippen LogP contribution in [-0.4, -0.2) is 11.8 Å². The Morgan fingerprint density at radius 3 is 2.00 bits per heavy atom. The van der Waals surface area contributed by atoms with Crippen molar-refractivity contribution in [2.24, 2.45) is 0 Å². The number of hydrogen-bond acceptors (Lipinski definition) is 2. The van der Waals surface area contributed by atoms with Crippen LogP contribution < -0.4 is 10.9 Å². The second kappa shape index (κ2) is 6.16. The van der Waals surface area contributed by atoms with Crippen molar-refractivity contribution in [2.75, 3.05) is 0 Å². The highest BCUT2D eigenvalue weighted by atomic mass is 35.5. The van der Waals surface area contributed by atoms with Gasteiger partial charge in [0.05, 0.1) is 0 Å².